The van der Waals surface area contributed by atoms with E-state index in [0.29, 0.717) is 17.8 Å². The molecule has 6 heteroatoms. The van der Waals surface area contributed by atoms with Crippen molar-refractivity contribution in [1.82, 2.24) is 4.98 Å². The van der Waals surface area contributed by atoms with E-state index in [1.54, 1.807) is 11.6 Å². The molecule has 100 valence electrons. The predicted molar refractivity (Wildman–Crippen MR) is 62.3 cm³/mol. The average Bonchev–Trinajstić information content (AvgIpc) is 2.81. The third-order valence-electron chi connectivity index (χ3n) is 3.40. The highest BCUT2D eigenvalue weighted by Crippen LogP contribution is 2.40. The number of halogens is 3. The van der Waals surface area contributed by atoms with E-state index in [-0.39, 0.29) is 25.0 Å². The van der Waals surface area contributed by atoms with Crippen molar-refractivity contribution in [3.63, 3.8) is 0 Å². The van der Waals surface area contributed by atoms with Crippen molar-refractivity contribution >= 4 is 17.1 Å². The number of aromatic nitrogens is 1. The van der Waals surface area contributed by atoms with Crippen LogP contribution in [0.4, 0.5) is 13.2 Å². The number of hydrogen-bond donors (Lipinski definition) is 0. The molecule has 1 aliphatic carbocycles. The van der Waals surface area contributed by atoms with Gasteiger partial charge in [-0.25, -0.2) is 4.98 Å². The van der Waals surface area contributed by atoms with Gasteiger partial charge in [0, 0.05) is 17.5 Å². The van der Waals surface area contributed by atoms with Crippen LogP contribution >= 0.6 is 11.3 Å². The lowest BCUT2D eigenvalue weighted by Crippen LogP contribution is -2.32. The lowest BCUT2D eigenvalue weighted by molar-refractivity contribution is -0.186. The van der Waals surface area contributed by atoms with Gasteiger partial charge in [0.2, 0.25) is 0 Å². The van der Waals surface area contributed by atoms with Crippen molar-refractivity contribution in [2.24, 2.45) is 11.8 Å². The van der Waals surface area contributed by atoms with Gasteiger partial charge in [0.25, 0.3) is 0 Å². The second-order valence-electron chi connectivity index (χ2n) is 4.67. The van der Waals surface area contributed by atoms with Gasteiger partial charge in [-0.2, -0.15) is 13.2 Å². The number of hydrogen-bond acceptors (Lipinski definition) is 3. The van der Waals surface area contributed by atoms with E-state index in [1.165, 1.54) is 11.3 Å². The molecule has 1 fully saturated rings. The average molecular weight is 277 g/mol. The van der Waals surface area contributed by atoms with E-state index in [9.17, 15) is 18.0 Å². The van der Waals surface area contributed by atoms with E-state index >= 15 is 0 Å². The van der Waals surface area contributed by atoms with E-state index in [0.717, 1.165) is 0 Å². The SMILES string of the molecule is O=C(Cc1nccs1)C1CCCC(C(F)(F)F)C1. The third-order valence-corrected chi connectivity index (χ3v) is 4.18. The van der Waals surface area contributed by atoms with Crippen LogP contribution in [0.25, 0.3) is 0 Å². The number of thiazole rings is 1. The summed E-state index contributed by atoms with van der Waals surface area (Å²) in [7, 11) is 0. The first-order valence-corrected chi connectivity index (χ1v) is 6.82. The number of ketones is 1. The third kappa shape index (κ3) is 3.31. The molecule has 18 heavy (non-hydrogen) atoms. The molecule has 0 radical (unpaired) electrons. The van der Waals surface area contributed by atoms with Crippen LogP contribution in [0.5, 0.6) is 0 Å². The first-order chi connectivity index (χ1) is 8.47. The molecule has 1 aliphatic rings. The Morgan fingerprint density at radius 2 is 2.22 bits per heavy atom. The number of rotatable bonds is 3. The molecule has 1 heterocycles. The molecule has 2 rings (SSSR count). The van der Waals surface area contributed by atoms with Crippen LogP contribution < -0.4 is 0 Å². The zero-order valence-corrected chi connectivity index (χ0v) is 10.6. The van der Waals surface area contributed by atoms with E-state index in [2.05, 4.69) is 4.98 Å². The number of alkyl halides is 3. The molecule has 2 nitrogen and oxygen atoms in total. The summed E-state index contributed by atoms with van der Waals surface area (Å²) in [6, 6.07) is 0. The van der Waals surface area contributed by atoms with E-state index in [1.807, 2.05) is 0 Å². The Kier molecular flexibility index (Phi) is 4.04. The highest BCUT2D eigenvalue weighted by Gasteiger charge is 2.43. The first kappa shape index (κ1) is 13.5. The lowest BCUT2D eigenvalue weighted by Gasteiger charge is -2.29. The summed E-state index contributed by atoms with van der Waals surface area (Å²) < 4.78 is 37.9. The standard InChI is InChI=1S/C12H14F3NOS/c13-12(14,15)9-3-1-2-8(6-9)10(17)7-11-16-4-5-18-11/h4-5,8-9H,1-3,6-7H2. The highest BCUT2D eigenvalue weighted by atomic mass is 32.1. The number of carbonyl (C=O) groups is 1. The van der Waals surface area contributed by atoms with Crippen molar-refractivity contribution in [3.05, 3.63) is 16.6 Å². The smallest absolute Gasteiger partial charge is 0.299 e. The van der Waals surface area contributed by atoms with Gasteiger partial charge in [-0.3, -0.25) is 4.79 Å². The van der Waals surface area contributed by atoms with Gasteiger partial charge in [0.1, 0.15) is 5.78 Å². The minimum Gasteiger partial charge on any atom is -0.299 e. The van der Waals surface area contributed by atoms with Crippen LogP contribution in [0, 0.1) is 11.8 Å². The molecule has 0 saturated heterocycles. The molecule has 2 atom stereocenters. The maximum absolute atomic E-state index is 12.6. The summed E-state index contributed by atoms with van der Waals surface area (Å²) in [5.41, 5.74) is 0. The zero-order valence-electron chi connectivity index (χ0n) is 9.74. The predicted octanol–water partition coefficient (Wildman–Crippen LogP) is 3.62. The Morgan fingerprint density at radius 3 is 2.83 bits per heavy atom. The summed E-state index contributed by atoms with van der Waals surface area (Å²) in [4.78, 5) is 15.9. The quantitative estimate of drug-likeness (QED) is 0.844. The summed E-state index contributed by atoms with van der Waals surface area (Å²) in [6.45, 7) is 0. The van der Waals surface area contributed by atoms with Crippen molar-refractivity contribution < 1.29 is 18.0 Å². The fourth-order valence-electron chi connectivity index (χ4n) is 2.41. The molecule has 0 spiro atoms. The van der Waals surface area contributed by atoms with Crippen LogP contribution in [0.3, 0.4) is 0 Å². The molecular weight excluding hydrogens is 263 g/mol. The topological polar surface area (TPSA) is 30.0 Å². The van der Waals surface area contributed by atoms with Crippen molar-refractivity contribution in [2.45, 2.75) is 38.3 Å². The molecule has 0 aromatic carbocycles. The van der Waals surface area contributed by atoms with Crippen molar-refractivity contribution in [1.29, 1.82) is 0 Å². The molecule has 1 aromatic rings. The second kappa shape index (κ2) is 5.38. The molecule has 0 N–H and O–H groups in total. The van der Waals surface area contributed by atoms with Gasteiger partial charge in [0.15, 0.2) is 0 Å². The molecule has 1 aromatic heterocycles. The minimum atomic E-state index is -4.17. The number of Topliss-reactive ketones (excluding diaryl/α,β-unsaturated/α-hetero) is 1. The van der Waals surface area contributed by atoms with Crippen LogP contribution in [-0.4, -0.2) is 16.9 Å². The summed E-state index contributed by atoms with van der Waals surface area (Å²) in [5, 5.41) is 2.45. The molecule has 1 saturated carbocycles. The fraction of sp³-hybridized carbons (Fsp3) is 0.667. The summed E-state index contributed by atoms with van der Waals surface area (Å²) in [6.07, 6.45) is -1.22. The summed E-state index contributed by atoms with van der Waals surface area (Å²) >= 11 is 1.37. The van der Waals surface area contributed by atoms with Gasteiger partial charge >= 0.3 is 6.18 Å². The molecular formula is C12H14F3NOS. The summed E-state index contributed by atoms with van der Waals surface area (Å²) in [5.74, 6) is -1.86. The van der Waals surface area contributed by atoms with Crippen LogP contribution in [0.2, 0.25) is 0 Å². The Labute approximate surface area is 107 Å². The van der Waals surface area contributed by atoms with Gasteiger partial charge in [-0.1, -0.05) is 6.42 Å². The van der Waals surface area contributed by atoms with Gasteiger partial charge in [-0.15, -0.1) is 11.3 Å². The van der Waals surface area contributed by atoms with Crippen LogP contribution in [-0.2, 0) is 11.2 Å². The number of nitrogens with zero attached hydrogens (tertiary/aromatic N) is 1. The minimum absolute atomic E-state index is 0.0479. The first-order valence-electron chi connectivity index (χ1n) is 5.94. The van der Waals surface area contributed by atoms with Crippen molar-refractivity contribution in [2.75, 3.05) is 0 Å². The monoisotopic (exact) mass is 277 g/mol. The van der Waals surface area contributed by atoms with Crippen LogP contribution in [0.15, 0.2) is 11.6 Å². The molecule has 0 aliphatic heterocycles. The Balaban J connectivity index is 1.94. The Hall–Kier alpha value is -0.910. The zero-order chi connectivity index (χ0) is 13.2. The fourth-order valence-corrected chi connectivity index (χ4v) is 3.04. The lowest BCUT2D eigenvalue weighted by atomic mass is 9.78. The van der Waals surface area contributed by atoms with Crippen molar-refractivity contribution in [3.8, 4) is 0 Å². The van der Waals surface area contributed by atoms with Gasteiger partial charge in [-0.05, 0) is 19.3 Å². The van der Waals surface area contributed by atoms with Gasteiger partial charge < -0.3 is 0 Å². The molecule has 2 unspecified atom stereocenters. The van der Waals surface area contributed by atoms with E-state index in [4.69, 9.17) is 0 Å². The largest absolute Gasteiger partial charge is 0.391 e. The second-order valence-corrected chi connectivity index (χ2v) is 5.65. The Morgan fingerprint density at radius 1 is 1.44 bits per heavy atom. The maximum Gasteiger partial charge on any atom is 0.391 e. The highest BCUT2D eigenvalue weighted by molar-refractivity contribution is 7.09. The van der Waals surface area contributed by atoms with Crippen LogP contribution in [0.1, 0.15) is 30.7 Å². The normalized spacial score (nSPS) is 25.1. The van der Waals surface area contributed by atoms with E-state index < -0.39 is 18.0 Å². The molecule has 0 bridgehead atoms. The Bertz CT molecular complexity index is 402. The molecule has 0 amide bonds. The maximum atomic E-state index is 12.6. The van der Waals surface area contributed by atoms with Gasteiger partial charge in [0.05, 0.1) is 17.3 Å². The number of carbonyl (C=O) groups excluding carboxylic acids is 1.